The predicted octanol–water partition coefficient (Wildman–Crippen LogP) is 6.03. The molecule has 0 atom stereocenters. The molecule has 0 aliphatic heterocycles. The molecular weight excluding hydrogens is 383 g/mol. The van der Waals surface area contributed by atoms with Gasteiger partial charge in [0.1, 0.15) is 0 Å². The molecule has 24 heavy (non-hydrogen) atoms. The summed E-state index contributed by atoms with van der Waals surface area (Å²) in [6.07, 6.45) is 1.84. The molecule has 2 aromatic heterocycles. The average molecular weight is 397 g/mol. The highest BCUT2D eigenvalue weighted by Gasteiger charge is 2.11. The molecule has 0 radical (unpaired) electrons. The molecule has 0 unspecified atom stereocenters. The summed E-state index contributed by atoms with van der Waals surface area (Å²) in [6.45, 7) is 5.92. The van der Waals surface area contributed by atoms with E-state index in [2.05, 4.69) is 20.5 Å². The Morgan fingerprint density at radius 1 is 1.17 bits per heavy atom. The Labute approximate surface area is 158 Å². The van der Waals surface area contributed by atoms with E-state index >= 15 is 0 Å². The fourth-order valence-electron chi connectivity index (χ4n) is 2.11. The van der Waals surface area contributed by atoms with Gasteiger partial charge in [0, 0.05) is 6.20 Å². The molecule has 0 fully saturated rings. The van der Waals surface area contributed by atoms with Gasteiger partial charge in [0.15, 0.2) is 0 Å². The van der Waals surface area contributed by atoms with Crippen LogP contribution in [0.5, 0.6) is 0 Å². The average Bonchev–Trinajstić information content (AvgIpc) is 3.13. The molecule has 3 aromatic rings. The summed E-state index contributed by atoms with van der Waals surface area (Å²) >= 11 is 15.2. The summed E-state index contributed by atoms with van der Waals surface area (Å²) < 4.78 is 0. The van der Waals surface area contributed by atoms with Crippen molar-refractivity contribution in [2.24, 2.45) is 5.10 Å². The van der Waals surface area contributed by atoms with Crippen molar-refractivity contribution >= 4 is 56.7 Å². The van der Waals surface area contributed by atoms with Crippen LogP contribution in [0.3, 0.4) is 0 Å². The molecule has 3 rings (SSSR count). The van der Waals surface area contributed by atoms with Gasteiger partial charge in [-0.25, -0.2) is 9.97 Å². The van der Waals surface area contributed by atoms with E-state index in [1.165, 1.54) is 0 Å². The van der Waals surface area contributed by atoms with E-state index in [0.717, 1.165) is 36.9 Å². The van der Waals surface area contributed by atoms with Crippen molar-refractivity contribution < 1.29 is 0 Å². The lowest BCUT2D eigenvalue weighted by atomic mass is 10.1. The maximum absolute atomic E-state index is 6.04. The van der Waals surface area contributed by atoms with Crippen LogP contribution in [0.2, 0.25) is 10.0 Å². The minimum atomic E-state index is 0.510. The lowest BCUT2D eigenvalue weighted by molar-refractivity contribution is 1.20. The van der Waals surface area contributed by atoms with Crippen molar-refractivity contribution in [1.29, 1.82) is 0 Å². The Bertz CT molecular complexity index is 915. The number of nitrogens with one attached hydrogen (secondary N) is 1. The molecule has 0 aliphatic rings. The predicted molar refractivity (Wildman–Crippen MR) is 105 cm³/mol. The van der Waals surface area contributed by atoms with Gasteiger partial charge in [-0.05, 0) is 38.5 Å². The number of benzene rings is 1. The van der Waals surface area contributed by atoms with Gasteiger partial charge >= 0.3 is 0 Å². The maximum atomic E-state index is 6.04. The summed E-state index contributed by atoms with van der Waals surface area (Å²) in [5, 5.41) is 7.20. The molecule has 0 saturated heterocycles. The van der Waals surface area contributed by atoms with Crippen molar-refractivity contribution in [1.82, 2.24) is 9.97 Å². The molecule has 0 aliphatic carbocycles. The summed E-state index contributed by atoms with van der Waals surface area (Å²) in [5.74, 6) is 0. The first-order valence-corrected chi connectivity index (χ1v) is 9.49. The topological polar surface area (TPSA) is 50.2 Å². The minimum Gasteiger partial charge on any atom is -0.252 e. The van der Waals surface area contributed by atoms with Crippen LogP contribution in [0, 0.1) is 13.8 Å². The van der Waals surface area contributed by atoms with Crippen LogP contribution in [0.25, 0.3) is 9.75 Å². The molecule has 0 spiro atoms. The Morgan fingerprint density at radius 3 is 2.62 bits per heavy atom. The molecule has 0 saturated carbocycles. The molecule has 0 bridgehead atoms. The lowest BCUT2D eigenvalue weighted by Gasteiger charge is -2.03. The second-order valence-electron chi connectivity index (χ2n) is 5.11. The van der Waals surface area contributed by atoms with Crippen LogP contribution in [-0.2, 0) is 0 Å². The van der Waals surface area contributed by atoms with Gasteiger partial charge in [0.2, 0.25) is 5.13 Å². The number of hydrazone groups is 1. The van der Waals surface area contributed by atoms with E-state index in [1.807, 2.05) is 33.0 Å². The summed E-state index contributed by atoms with van der Waals surface area (Å²) in [4.78, 5) is 11.1. The lowest BCUT2D eigenvalue weighted by Crippen LogP contribution is -1.99. The van der Waals surface area contributed by atoms with Crippen LogP contribution in [0.1, 0.15) is 23.2 Å². The van der Waals surface area contributed by atoms with E-state index in [9.17, 15) is 0 Å². The van der Waals surface area contributed by atoms with Crippen LogP contribution in [0.4, 0.5) is 5.13 Å². The van der Waals surface area contributed by atoms with Crippen molar-refractivity contribution in [2.75, 3.05) is 5.43 Å². The van der Waals surface area contributed by atoms with Crippen LogP contribution >= 0.6 is 45.9 Å². The zero-order chi connectivity index (χ0) is 17.3. The van der Waals surface area contributed by atoms with Crippen molar-refractivity contribution in [3.8, 4) is 9.75 Å². The molecule has 0 amide bonds. The van der Waals surface area contributed by atoms with E-state index in [-0.39, 0.29) is 0 Å². The number of halogens is 2. The minimum absolute atomic E-state index is 0.510. The third kappa shape index (κ3) is 3.78. The first-order valence-electron chi connectivity index (χ1n) is 7.10. The normalized spacial score (nSPS) is 11.8. The zero-order valence-electron chi connectivity index (χ0n) is 13.2. The largest absolute Gasteiger partial charge is 0.252 e. The highest BCUT2D eigenvalue weighted by atomic mass is 35.5. The van der Waals surface area contributed by atoms with Gasteiger partial charge < -0.3 is 0 Å². The van der Waals surface area contributed by atoms with Gasteiger partial charge in [-0.2, -0.15) is 5.10 Å². The molecule has 1 N–H and O–H groups in total. The summed E-state index contributed by atoms with van der Waals surface area (Å²) in [7, 11) is 0. The first kappa shape index (κ1) is 17.4. The van der Waals surface area contributed by atoms with Gasteiger partial charge in [0.25, 0.3) is 0 Å². The Hall–Kier alpha value is -1.47. The van der Waals surface area contributed by atoms with Gasteiger partial charge in [0.05, 0.1) is 36.2 Å². The van der Waals surface area contributed by atoms with E-state index in [4.69, 9.17) is 23.2 Å². The fourth-order valence-corrected chi connectivity index (χ4v) is 4.23. The van der Waals surface area contributed by atoms with Gasteiger partial charge in [-0.1, -0.05) is 40.6 Å². The molecule has 124 valence electrons. The van der Waals surface area contributed by atoms with Gasteiger partial charge in [-0.3, -0.25) is 5.43 Å². The third-order valence-electron chi connectivity index (χ3n) is 3.29. The van der Waals surface area contributed by atoms with E-state index in [0.29, 0.717) is 10.0 Å². The fraction of sp³-hybridized carbons (Fsp3) is 0.188. The second-order valence-corrected chi connectivity index (χ2v) is 8.16. The number of aromatic nitrogens is 2. The number of hydrogen-bond donors (Lipinski definition) is 1. The highest BCUT2D eigenvalue weighted by molar-refractivity contribution is 7.23. The number of thiazole rings is 2. The Kier molecular flexibility index (Phi) is 5.20. The van der Waals surface area contributed by atoms with E-state index in [1.54, 1.807) is 34.8 Å². The molecule has 1 aromatic carbocycles. The van der Waals surface area contributed by atoms with Crippen LogP contribution in [0.15, 0.2) is 29.5 Å². The van der Waals surface area contributed by atoms with E-state index < -0.39 is 0 Å². The highest BCUT2D eigenvalue weighted by Crippen LogP contribution is 2.35. The number of anilines is 1. The smallest absolute Gasteiger partial charge is 0.203 e. The summed E-state index contributed by atoms with van der Waals surface area (Å²) in [5.41, 5.74) is 5.73. The monoisotopic (exact) mass is 396 g/mol. The van der Waals surface area contributed by atoms with Gasteiger partial charge in [-0.15, -0.1) is 11.3 Å². The number of aryl methyl sites for hydroxylation is 2. The van der Waals surface area contributed by atoms with Crippen molar-refractivity contribution in [2.45, 2.75) is 20.8 Å². The van der Waals surface area contributed by atoms with Crippen LogP contribution in [-0.4, -0.2) is 15.7 Å². The SMILES string of the molecule is C/C(=N/Nc1ncc(-c2sc(C)nc2C)s1)c1ccc(Cl)c(Cl)c1. The Morgan fingerprint density at radius 2 is 1.96 bits per heavy atom. The molecule has 4 nitrogen and oxygen atoms in total. The standard InChI is InChI=1S/C16H14Cl2N4S2/c1-8(11-4-5-12(17)13(18)6-11)21-22-16-19-7-14(24-16)15-9(2)20-10(3)23-15/h4-7H,1-3H3,(H,19,22)/b21-8-. The molecule has 2 heterocycles. The maximum Gasteiger partial charge on any atom is 0.203 e. The zero-order valence-corrected chi connectivity index (χ0v) is 16.4. The molecule has 8 heteroatoms. The number of rotatable bonds is 4. The quantitative estimate of drug-likeness (QED) is 0.432. The van der Waals surface area contributed by atoms with Crippen LogP contribution < -0.4 is 5.43 Å². The van der Waals surface area contributed by atoms with Crippen molar-refractivity contribution in [3.63, 3.8) is 0 Å². The van der Waals surface area contributed by atoms with Crippen molar-refractivity contribution in [3.05, 3.63) is 50.7 Å². The third-order valence-corrected chi connectivity index (χ3v) is 6.18. The Balaban J connectivity index is 1.77. The number of hydrogen-bond acceptors (Lipinski definition) is 6. The molecular formula is C16H14Cl2N4S2. The second kappa shape index (κ2) is 7.19. The first-order chi connectivity index (χ1) is 11.4. The number of nitrogens with zero attached hydrogens (tertiary/aromatic N) is 3. The summed E-state index contributed by atoms with van der Waals surface area (Å²) in [6, 6.07) is 5.43.